The maximum Gasteiger partial charge on any atom is 0.246 e. The molecule has 2 N–H and O–H groups in total. The molecule has 0 aliphatic heterocycles. The highest BCUT2D eigenvalue weighted by molar-refractivity contribution is 5.77. The summed E-state index contributed by atoms with van der Waals surface area (Å²) < 4.78 is 5.28. The van der Waals surface area contributed by atoms with E-state index in [4.69, 9.17) is 4.74 Å². The number of aromatic nitrogens is 4. The van der Waals surface area contributed by atoms with Gasteiger partial charge in [-0.2, -0.15) is 5.21 Å². The first-order valence-corrected chi connectivity index (χ1v) is 4.60. The van der Waals surface area contributed by atoms with Gasteiger partial charge in [-0.15, -0.1) is 10.2 Å². The highest BCUT2D eigenvalue weighted by Crippen LogP contribution is 2.05. The van der Waals surface area contributed by atoms with Gasteiger partial charge in [0.2, 0.25) is 5.91 Å². The zero-order valence-electron chi connectivity index (χ0n) is 9.07. The molecule has 15 heavy (non-hydrogen) atoms. The summed E-state index contributed by atoms with van der Waals surface area (Å²) in [5.41, 5.74) is -0.316. The number of hydrogen-bond donors (Lipinski definition) is 2. The smallest absolute Gasteiger partial charge is 0.246 e. The van der Waals surface area contributed by atoms with Crippen LogP contribution >= 0.6 is 0 Å². The van der Waals surface area contributed by atoms with Crippen LogP contribution in [0.2, 0.25) is 0 Å². The van der Waals surface area contributed by atoms with Gasteiger partial charge in [-0.1, -0.05) is 5.21 Å². The highest BCUT2D eigenvalue weighted by atomic mass is 16.5. The van der Waals surface area contributed by atoms with E-state index in [2.05, 4.69) is 25.9 Å². The number of H-pyrrole nitrogens is 1. The predicted molar refractivity (Wildman–Crippen MR) is 51.7 cm³/mol. The number of nitrogens with zero attached hydrogens (tertiary/aromatic N) is 3. The lowest BCUT2D eigenvalue weighted by atomic mass is 10.2. The number of nitrogens with one attached hydrogen (secondary N) is 2. The van der Waals surface area contributed by atoms with E-state index in [-0.39, 0.29) is 24.7 Å². The Balaban J connectivity index is 2.20. The van der Waals surface area contributed by atoms with Crippen molar-refractivity contribution < 1.29 is 9.53 Å². The summed E-state index contributed by atoms with van der Waals surface area (Å²) >= 11 is 0. The van der Waals surface area contributed by atoms with Crippen molar-refractivity contribution in [1.29, 1.82) is 0 Å². The molecule has 84 valence electrons. The van der Waals surface area contributed by atoms with Crippen molar-refractivity contribution in [1.82, 2.24) is 25.9 Å². The van der Waals surface area contributed by atoms with Crippen molar-refractivity contribution >= 4 is 5.91 Å². The molecule has 0 atom stereocenters. The molecule has 0 spiro atoms. The average molecular weight is 213 g/mol. The standard InChI is InChI=1S/C8H15N5O2/c1-8(2,3)15-5-7(14)9-4-6-10-12-13-11-6/h4-5H2,1-3H3,(H,9,14)(H,10,11,12,13). The van der Waals surface area contributed by atoms with Crippen molar-refractivity contribution in [2.75, 3.05) is 6.61 Å². The Kier molecular flexibility index (Phi) is 3.73. The summed E-state index contributed by atoms with van der Waals surface area (Å²) in [5.74, 6) is 0.244. The zero-order chi connectivity index (χ0) is 11.3. The molecule has 1 amide bonds. The van der Waals surface area contributed by atoms with E-state index in [9.17, 15) is 4.79 Å². The molecule has 0 aliphatic rings. The molecule has 7 heteroatoms. The minimum absolute atomic E-state index is 0.0291. The number of carbonyl (C=O) groups is 1. The Labute approximate surface area is 87.6 Å². The number of amides is 1. The van der Waals surface area contributed by atoms with E-state index in [0.29, 0.717) is 5.82 Å². The van der Waals surface area contributed by atoms with Crippen LogP contribution in [0.3, 0.4) is 0 Å². The number of rotatable bonds is 4. The number of aromatic amines is 1. The summed E-state index contributed by atoms with van der Waals surface area (Å²) in [7, 11) is 0. The lowest BCUT2D eigenvalue weighted by Gasteiger charge is -2.18. The van der Waals surface area contributed by atoms with Crippen LogP contribution in [0, 0.1) is 0 Å². The fourth-order valence-corrected chi connectivity index (χ4v) is 0.768. The fourth-order valence-electron chi connectivity index (χ4n) is 0.768. The first kappa shape index (κ1) is 11.6. The molecule has 1 aromatic rings. The lowest BCUT2D eigenvalue weighted by Crippen LogP contribution is -2.32. The number of ether oxygens (including phenoxy) is 1. The molecule has 0 radical (unpaired) electrons. The number of hydrogen-bond acceptors (Lipinski definition) is 5. The van der Waals surface area contributed by atoms with E-state index in [1.54, 1.807) is 0 Å². The predicted octanol–water partition coefficient (Wildman–Crippen LogP) is -0.369. The van der Waals surface area contributed by atoms with Gasteiger partial charge in [-0.3, -0.25) is 4.79 Å². The van der Waals surface area contributed by atoms with E-state index >= 15 is 0 Å². The topological polar surface area (TPSA) is 92.8 Å². The molecule has 0 aliphatic carbocycles. The van der Waals surface area contributed by atoms with Crippen LogP contribution in [0.5, 0.6) is 0 Å². The van der Waals surface area contributed by atoms with Gasteiger partial charge < -0.3 is 10.1 Å². The molecule has 0 bridgehead atoms. The molecule has 1 aromatic heterocycles. The number of tetrazole rings is 1. The summed E-state index contributed by atoms with van der Waals surface area (Å²) in [4.78, 5) is 11.3. The molecular formula is C8H15N5O2. The van der Waals surface area contributed by atoms with Gasteiger partial charge in [0, 0.05) is 0 Å². The molecule has 0 aromatic carbocycles. The molecule has 1 rings (SSSR count). The average Bonchev–Trinajstić information content (AvgIpc) is 2.62. The van der Waals surface area contributed by atoms with Crippen LogP contribution in [-0.2, 0) is 16.1 Å². The van der Waals surface area contributed by atoms with Gasteiger partial charge in [-0.25, -0.2) is 0 Å². The monoisotopic (exact) mass is 213 g/mol. The Morgan fingerprint density at radius 2 is 2.27 bits per heavy atom. The van der Waals surface area contributed by atoms with Gasteiger partial charge in [0.05, 0.1) is 12.1 Å². The van der Waals surface area contributed by atoms with Gasteiger partial charge in [-0.05, 0) is 20.8 Å². The summed E-state index contributed by atoms with van der Waals surface area (Å²) in [5, 5.41) is 15.7. The van der Waals surface area contributed by atoms with Crippen molar-refractivity contribution in [3.63, 3.8) is 0 Å². The quantitative estimate of drug-likeness (QED) is 0.712. The van der Waals surface area contributed by atoms with Crippen LogP contribution in [-0.4, -0.2) is 38.7 Å². The molecule has 1 heterocycles. The van der Waals surface area contributed by atoms with Crippen molar-refractivity contribution in [2.45, 2.75) is 32.9 Å². The van der Waals surface area contributed by atoms with E-state index in [1.165, 1.54) is 0 Å². The van der Waals surface area contributed by atoms with E-state index < -0.39 is 0 Å². The molecule has 7 nitrogen and oxygen atoms in total. The third-order valence-electron chi connectivity index (χ3n) is 1.47. The first-order valence-electron chi connectivity index (χ1n) is 4.60. The maximum atomic E-state index is 11.3. The Hall–Kier alpha value is -1.50. The highest BCUT2D eigenvalue weighted by Gasteiger charge is 2.12. The molecule has 0 fully saturated rings. The maximum absolute atomic E-state index is 11.3. The second kappa shape index (κ2) is 4.83. The van der Waals surface area contributed by atoms with Crippen LogP contribution in [0.25, 0.3) is 0 Å². The largest absolute Gasteiger partial charge is 0.366 e. The van der Waals surface area contributed by atoms with Crippen LogP contribution < -0.4 is 5.32 Å². The van der Waals surface area contributed by atoms with E-state index in [0.717, 1.165) is 0 Å². The van der Waals surface area contributed by atoms with Crippen molar-refractivity contribution in [2.24, 2.45) is 0 Å². The normalized spacial score (nSPS) is 11.4. The van der Waals surface area contributed by atoms with Crippen LogP contribution in [0.1, 0.15) is 26.6 Å². The Bertz CT molecular complexity index is 303. The fraction of sp³-hybridized carbons (Fsp3) is 0.750. The van der Waals surface area contributed by atoms with Crippen molar-refractivity contribution in [3.8, 4) is 0 Å². The SMILES string of the molecule is CC(C)(C)OCC(=O)NCc1nn[nH]n1. The van der Waals surface area contributed by atoms with Gasteiger partial charge in [0.1, 0.15) is 6.61 Å². The van der Waals surface area contributed by atoms with Gasteiger partial charge >= 0.3 is 0 Å². The first-order chi connectivity index (χ1) is 6.97. The summed E-state index contributed by atoms with van der Waals surface area (Å²) in [6, 6.07) is 0. The molecule has 0 saturated carbocycles. The van der Waals surface area contributed by atoms with Gasteiger partial charge in [0.25, 0.3) is 0 Å². The third kappa shape index (κ3) is 5.06. The molecular weight excluding hydrogens is 198 g/mol. The molecule has 0 saturated heterocycles. The third-order valence-corrected chi connectivity index (χ3v) is 1.47. The van der Waals surface area contributed by atoms with Crippen LogP contribution in [0.15, 0.2) is 0 Å². The molecule has 0 unspecified atom stereocenters. The second-order valence-electron chi connectivity index (χ2n) is 4.01. The van der Waals surface area contributed by atoms with Crippen molar-refractivity contribution in [3.05, 3.63) is 5.82 Å². The number of carbonyl (C=O) groups excluding carboxylic acids is 1. The minimum atomic E-state index is -0.316. The van der Waals surface area contributed by atoms with E-state index in [1.807, 2.05) is 20.8 Å². The van der Waals surface area contributed by atoms with Gasteiger partial charge in [0.15, 0.2) is 5.82 Å². The Morgan fingerprint density at radius 3 is 2.80 bits per heavy atom. The lowest BCUT2D eigenvalue weighted by molar-refractivity contribution is -0.130. The zero-order valence-corrected chi connectivity index (χ0v) is 9.07. The summed E-state index contributed by atoms with van der Waals surface area (Å²) in [6.45, 7) is 5.95. The second-order valence-corrected chi connectivity index (χ2v) is 4.01. The summed E-state index contributed by atoms with van der Waals surface area (Å²) in [6.07, 6.45) is 0. The Morgan fingerprint density at radius 1 is 1.53 bits per heavy atom. The minimum Gasteiger partial charge on any atom is -0.366 e. The van der Waals surface area contributed by atoms with Crippen LogP contribution in [0.4, 0.5) is 0 Å².